The molecule has 1 aliphatic rings. The lowest BCUT2D eigenvalue weighted by atomic mass is 10.1. The zero-order valence-electron chi connectivity index (χ0n) is 16.3. The molecule has 3 aromatic heterocycles. The van der Waals surface area contributed by atoms with Crippen LogP contribution in [-0.2, 0) is 4.74 Å². The van der Waals surface area contributed by atoms with Gasteiger partial charge in [-0.3, -0.25) is 4.98 Å². The van der Waals surface area contributed by atoms with Gasteiger partial charge in [0.1, 0.15) is 18.6 Å². The van der Waals surface area contributed by atoms with E-state index in [0.29, 0.717) is 24.7 Å². The summed E-state index contributed by atoms with van der Waals surface area (Å²) < 4.78 is 13.3. The van der Waals surface area contributed by atoms with Gasteiger partial charge in [-0.1, -0.05) is 12.7 Å². The molecule has 1 saturated heterocycles. The molecule has 4 rings (SSSR count). The van der Waals surface area contributed by atoms with Gasteiger partial charge in [-0.2, -0.15) is 0 Å². The van der Waals surface area contributed by atoms with Gasteiger partial charge >= 0.3 is 6.09 Å². The molecule has 8 heteroatoms. The first-order valence-electron chi connectivity index (χ1n) is 9.61. The third kappa shape index (κ3) is 3.91. The Balaban J connectivity index is 1.51. The normalized spacial score (nSPS) is 14.7. The van der Waals surface area contributed by atoms with Crippen LogP contribution in [0.2, 0.25) is 0 Å². The molecule has 0 aromatic carbocycles. The van der Waals surface area contributed by atoms with Crippen molar-refractivity contribution in [2.24, 2.45) is 0 Å². The third-order valence-electron chi connectivity index (χ3n) is 5.08. The Labute approximate surface area is 168 Å². The van der Waals surface area contributed by atoms with Crippen molar-refractivity contribution >= 4 is 17.1 Å². The van der Waals surface area contributed by atoms with E-state index < -0.39 is 0 Å². The number of likely N-dealkylation sites (tertiary alicyclic amines) is 1. The van der Waals surface area contributed by atoms with E-state index in [-0.39, 0.29) is 18.7 Å². The highest BCUT2D eigenvalue weighted by molar-refractivity contribution is 5.81. The van der Waals surface area contributed by atoms with Crippen LogP contribution in [0.4, 0.5) is 4.79 Å². The first-order chi connectivity index (χ1) is 14.2. The molecule has 150 valence electrons. The van der Waals surface area contributed by atoms with Crippen LogP contribution >= 0.6 is 0 Å². The molecule has 0 aliphatic carbocycles. The van der Waals surface area contributed by atoms with E-state index in [4.69, 9.17) is 9.47 Å². The average molecular weight is 393 g/mol. The molecule has 29 heavy (non-hydrogen) atoms. The molecule has 0 spiro atoms. The van der Waals surface area contributed by atoms with Gasteiger partial charge in [-0.05, 0) is 38.0 Å². The maximum atomic E-state index is 12.0. The molecular formula is C21H23N5O3. The summed E-state index contributed by atoms with van der Waals surface area (Å²) in [6, 6.07) is 5.92. The van der Waals surface area contributed by atoms with Crippen molar-refractivity contribution in [3.05, 3.63) is 55.3 Å². The van der Waals surface area contributed by atoms with Crippen LogP contribution in [0.1, 0.15) is 24.6 Å². The van der Waals surface area contributed by atoms with Gasteiger partial charge in [-0.25, -0.2) is 14.8 Å². The number of piperidine rings is 1. The van der Waals surface area contributed by atoms with Gasteiger partial charge in [0.2, 0.25) is 5.88 Å². The Morgan fingerprint density at radius 3 is 2.86 bits per heavy atom. The molecular weight excluding hydrogens is 370 g/mol. The van der Waals surface area contributed by atoms with Crippen molar-refractivity contribution in [2.45, 2.75) is 25.8 Å². The van der Waals surface area contributed by atoms with E-state index in [1.807, 2.05) is 31.3 Å². The van der Waals surface area contributed by atoms with Crippen LogP contribution in [0.3, 0.4) is 0 Å². The highest BCUT2D eigenvalue weighted by atomic mass is 16.6. The predicted octanol–water partition coefficient (Wildman–Crippen LogP) is 3.89. The second-order valence-electron chi connectivity index (χ2n) is 6.91. The number of pyridine rings is 1. The molecule has 4 heterocycles. The zero-order chi connectivity index (χ0) is 20.2. The van der Waals surface area contributed by atoms with Gasteiger partial charge < -0.3 is 18.9 Å². The van der Waals surface area contributed by atoms with Gasteiger partial charge in [-0.15, -0.1) is 0 Å². The van der Waals surface area contributed by atoms with E-state index >= 15 is 0 Å². The minimum absolute atomic E-state index is 0.233. The predicted molar refractivity (Wildman–Crippen MR) is 108 cm³/mol. The van der Waals surface area contributed by atoms with Crippen molar-refractivity contribution in [3.63, 3.8) is 0 Å². The summed E-state index contributed by atoms with van der Waals surface area (Å²) in [7, 11) is 0. The number of fused-ring (bicyclic) bond motifs is 1. The number of carbonyl (C=O) groups excluding carboxylic acids is 1. The van der Waals surface area contributed by atoms with Crippen molar-refractivity contribution in [2.75, 3.05) is 19.7 Å². The summed E-state index contributed by atoms with van der Waals surface area (Å²) >= 11 is 0. The Hall–Kier alpha value is -3.42. The van der Waals surface area contributed by atoms with Crippen molar-refractivity contribution < 1.29 is 14.3 Å². The Morgan fingerprint density at radius 2 is 2.10 bits per heavy atom. The second kappa shape index (κ2) is 8.30. The number of amides is 1. The maximum absolute atomic E-state index is 12.0. The van der Waals surface area contributed by atoms with E-state index in [0.717, 1.165) is 29.6 Å². The summed E-state index contributed by atoms with van der Waals surface area (Å²) in [6.07, 6.45) is 8.20. The SMILES string of the molecule is C=CCOC(=O)N1CCC(n2ccc3c(Oc4cccnc4C)ncnc32)CC1. The molecule has 0 N–H and O–H groups in total. The van der Waals surface area contributed by atoms with Crippen molar-refractivity contribution in [3.8, 4) is 11.6 Å². The Morgan fingerprint density at radius 1 is 1.28 bits per heavy atom. The largest absolute Gasteiger partial charge is 0.445 e. The lowest BCUT2D eigenvalue weighted by molar-refractivity contribution is 0.0975. The monoisotopic (exact) mass is 393 g/mol. The van der Waals surface area contributed by atoms with E-state index in [9.17, 15) is 4.79 Å². The third-order valence-corrected chi connectivity index (χ3v) is 5.08. The Bertz CT molecular complexity index is 1020. The first-order valence-corrected chi connectivity index (χ1v) is 9.61. The maximum Gasteiger partial charge on any atom is 0.410 e. The molecule has 0 atom stereocenters. The molecule has 1 amide bonds. The Kier molecular flexibility index (Phi) is 5.41. The first kappa shape index (κ1) is 18.9. The number of hydrogen-bond donors (Lipinski definition) is 0. The number of hydrogen-bond acceptors (Lipinski definition) is 6. The number of rotatable bonds is 5. The summed E-state index contributed by atoms with van der Waals surface area (Å²) in [5.74, 6) is 1.18. The number of aromatic nitrogens is 4. The summed E-state index contributed by atoms with van der Waals surface area (Å²) in [5.41, 5.74) is 1.62. The van der Waals surface area contributed by atoms with Crippen LogP contribution in [0.5, 0.6) is 11.6 Å². The minimum Gasteiger partial charge on any atom is -0.445 e. The van der Waals surface area contributed by atoms with Gasteiger partial charge in [0.05, 0.1) is 11.1 Å². The van der Waals surface area contributed by atoms with Gasteiger partial charge in [0.15, 0.2) is 5.75 Å². The van der Waals surface area contributed by atoms with Crippen LogP contribution in [0.25, 0.3) is 11.0 Å². The van der Waals surface area contributed by atoms with Gasteiger partial charge in [0.25, 0.3) is 0 Å². The van der Waals surface area contributed by atoms with Crippen LogP contribution in [0.15, 0.2) is 49.6 Å². The summed E-state index contributed by atoms with van der Waals surface area (Å²) in [6.45, 7) is 6.98. The molecule has 1 aliphatic heterocycles. The summed E-state index contributed by atoms with van der Waals surface area (Å²) in [5, 5.41) is 0.851. The number of aryl methyl sites for hydroxylation is 1. The lowest BCUT2D eigenvalue weighted by Crippen LogP contribution is -2.39. The average Bonchev–Trinajstić information content (AvgIpc) is 3.19. The number of carbonyl (C=O) groups is 1. The molecule has 1 fully saturated rings. The van der Waals surface area contributed by atoms with Gasteiger partial charge in [0, 0.05) is 31.5 Å². The minimum atomic E-state index is -0.287. The highest BCUT2D eigenvalue weighted by Crippen LogP contribution is 2.32. The van der Waals surface area contributed by atoms with Crippen molar-refractivity contribution in [1.29, 1.82) is 0 Å². The van der Waals surface area contributed by atoms with Crippen LogP contribution < -0.4 is 4.74 Å². The molecule has 3 aromatic rings. The number of nitrogens with zero attached hydrogens (tertiary/aromatic N) is 5. The highest BCUT2D eigenvalue weighted by Gasteiger charge is 2.26. The molecule has 0 bridgehead atoms. The van der Waals surface area contributed by atoms with E-state index in [2.05, 4.69) is 26.1 Å². The molecule has 0 saturated carbocycles. The zero-order valence-corrected chi connectivity index (χ0v) is 16.3. The fourth-order valence-corrected chi connectivity index (χ4v) is 3.55. The fraction of sp³-hybridized carbons (Fsp3) is 0.333. The van der Waals surface area contributed by atoms with E-state index in [1.165, 1.54) is 6.33 Å². The smallest absolute Gasteiger partial charge is 0.410 e. The lowest BCUT2D eigenvalue weighted by Gasteiger charge is -2.32. The van der Waals surface area contributed by atoms with Crippen LogP contribution in [-0.4, -0.2) is 50.2 Å². The second-order valence-corrected chi connectivity index (χ2v) is 6.91. The van der Waals surface area contributed by atoms with E-state index in [1.54, 1.807) is 17.2 Å². The standard InChI is InChI=1S/C21H23N5O3/c1-3-13-28-21(27)25-10-6-16(7-11-25)26-12-8-17-19(26)23-14-24-20(17)29-18-5-4-9-22-15(18)2/h3-5,8-9,12,14,16H,1,6-7,10-11,13H2,2H3. The van der Waals surface area contributed by atoms with Crippen molar-refractivity contribution in [1.82, 2.24) is 24.4 Å². The molecule has 0 unspecified atom stereocenters. The molecule has 0 radical (unpaired) electrons. The quantitative estimate of drug-likeness (QED) is 0.612. The fourth-order valence-electron chi connectivity index (χ4n) is 3.55. The van der Waals surface area contributed by atoms with Crippen LogP contribution in [0, 0.1) is 6.92 Å². The number of ether oxygens (including phenoxy) is 2. The molecule has 8 nitrogen and oxygen atoms in total. The summed E-state index contributed by atoms with van der Waals surface area (Å²) in [4.78, 5) is 26.8. The topological polar surface area (TPSA) is 82.4 Å².